The monoisotopic (exact) mass is 363 g/mol. The van der Waals surface area contributed by atoms with Gasteiger partial charge < -0.3 is 4.52 Å². The quantitative estimate of drug-likeness (QED) is 0.699. The van der Waals surface area contributed by atoms with E-state index in [4.69, 9.17) is 0 Å². The smallest absolute Gasteiger partial charge is 0.329 e. The third-order valence-electron chi connectivity index (χ3n) is 4.56. The van der Waals surface area contributed by atoms with Gasteiger partial charge >= 0.3 is 12.1 Å². The van der Waals surface area contributed by atoms with Gasteiger partial charge in [-0.25, -0.2) is 4.68 Å². The van der Waals surface area contributed by atoms with E-state index in [2.05, 4.69) is 25.0 Å². The summed E-state index contributed by atoms with van der Waals surface area (Å²) < 4.78 is 43.6. The predicted molar refractivity (Wildman–Crippen MR) is 85.1 cm³/mol. The number of hydrogen-bond acceptors (Lipinski definition) is 5. The van der Waals surface area contributed by atoms with Gasteiger partial charge in [0.25, 0.3) is 0 Å². The lowest BCUT2D eigenvalue weighted by Gasteiger charge is -2.03. The van der Waals surface area contributed by atoms with Crippen molar-refractivity contribution in [3.05, 3.63) is 47.6 Å². The fourth-order valence-corrected chi connectivity index (χ4v) is 3.20. The standard InChI is InChI=1S/C17H16F3N5O/c18-17(19,20)16-21-15(23-26-16)13-7-5-11(6-8-13)9-25-10-14(22-24-25)12-3-1-2-4-12/h5-8,10,12H,1-4,9H2. The molecular formula is C17H16F3N5O. The highest BCUT2D eigenvalue weighted by atomic mass is 19.4. The minimum absolute atomic E-state index is 0.0897. The van der Waals surface area contributed by atoms with Crippen LogP contribution in [-0.2, 0) is 12.7 Å². The number of benzene rings is 1. The molecule has 0 unspecified atom stereocenters. The van der Waals surface area contributed by atoms with Crippen LogP contribution in [0.5, 0.6) is 0 Å². The minimum Gasteiger partial charge on any atom is -0.329 e. The SMILES string of the molecule is FC(F)(F)c1nc(-c2ccc(Cn3cc(C4CCCC4)nn3)cc2)no1. The van der Waals surface area contributed by atoms with Crippen LogP contribution in [0.3, 0.4) is 0 Å². The van der Waals surface area contributed by atoms with Gasteiger partial charge in [0.2, 0.25) is 5.82 Å². The van der Waals surface area contributed by atoms with Crippen molar-refractivity contribution < 1.29 is 17.7 Å². The first-order valence-electron chi connectivity index (χ1n) is 8.39. The van der Waals surface area contributed by atoms with Crippen LogP contribution >= 0.6 is 0 Å². The van der Waals surface area contributed by atoms with E-state index >= 15 is 0 Å². The van der Waals surface area contributed by atoms with E-state index in [9.17, 15) is 13.2 Å². The molecule has 1 aliphatic carbocycles. The van der Waals surface area contributed by atoms with Crippen molar-refractivity contribution in [2.24, 2.45) is 0 Å². The van der Waals surface area contributed by atoms with Crippen molar-refractivity contribution in [2.75, 3.05) is 0 Å². The molecule has 3 aromatic rings. The molecule has 9 heteroatoms. The first-order valence-corrected chi connectivity index (χ1v) is 8.39. The molecule has 0 saturated heterocycles. The fourth-order valence-electron chi connectivity index (χ4n) is 3.20. The molecular weight excluding hydrogens is 347 g/mol. The Morgan fingerprint density at radius 1 is 1.12 bits per heavy atom. The van der Waals surface area contributed by atoms with Crippen molar-refractivity contribution in [1.29, 1.82) is 0 Å². The zero-order valence-electron chi connectivity index (χ0n) is 13.8. The number of aromatic nitrogens is 5. The van der Waals surface area contributed by atoms with Gasteiger partial charge in [0.1, 0.15) is 0 Å². The van der Waals surface area contributed by atoms with Gasteiger partial charge in [-0.1, -0.05) is 47.5 Å². The van der Waals surface area contributed by atoms with Crippen molar-refractivity contribution >= 4 is 0 Å². The number of halogens is 3. The largest absolute Gasteiger partial charge is 0.471 e. The molecule has 4 rings (SSSR count). The highest BCUT2D eigenvalue weighted by molar-refractivity contribution is 5.54. The molecule has 0 spiro atoms. The molecule has 0 N–H and O–H groups in total. The highest BCUT2D eigenvalue weighted by Crippen LogP contribution is 2.32. The molecule has 1 aliphatic rings. The number of rotatable bonds is 4. The number of alkyl halides is 3. The van der Waals surface area contributed by atoms with Crippen LogP contribution in [0.1, 0.15) is 48.7 Å². The molecule has 2 heterocycles. The molecule has 0 bridgehead atoms. The van der Waals surface area contributed by atoms with Crippen LogP contribution < -0.4 is 0 Å². The molecule has 26 heavy (non-hydrogen) atoms. The summed E-state index contributed by atoms with van der Waals surface area (Å²) >= 11 is 0. The lowest BCUT2D eigenvalue weighted by Crippen LogP contribution is -2.04. The van der Waals surface area contributed by atoms with Gasteiger partial charge in [-0.05, 0) is 18.4 Å². The third-order valence-corrected chi connectivity index (χ3v) is 4.56. The summed E-state index contributed by atoms with van der Waals surface area (Å²) in [5, 5.41) is 11.8. The summed E-state index contributed by atoms with van der Waals surface area (Å²) in [5.74, 6) is -0.932. The number of hydrogen-bond donors (Lipinski definition) is 0. The second-order valence-corrected chi connectivity index (χ2v) is 6.44. The molecule has 1 fully saturated rings. The van der Waals surface area contributed by atoms with Crippen molar-refractivity contribution in [2.45, 2.75) is 44.3 Å². The Labute approximate surface area is 147 Å². The molecule has 1 aromatic carbocycles. The van der Waals surface area contributed by atoms with Gasteiger partial charge in [-0.3, -0.25) is 0 Å². The Morgan fingerprint density at radius 3 is 2.50 bits per heavy atom. The Balaban J connectivity index is 1.45. The van der Waals surface area contributed by atoms with E-state index in [0.717, 1.165) is 24.1 Å². The fraction of sp³-hybridized carbons (Fsp3) is 0.412. The highest BCUT2D eigenvalue weighted by Gasteiger charge is 2.38. The second kappa shape index (κ2) is 6.54. The van der Waals surface area contributed by atoms with E-state index in [1.807, 2.05) is 6.20 Å². The third kappa shape index (κ3) is 3.47. The molecule has 0 radical (unpaired) electrons. The predicted octanol–water partition coefficient (Wildman–Crippen LogP) is 4.05. The molecule has 2 aromatic heterocycles. The maximum atomic E-state index is 12.5. The average Bonchev–Trinajstić information content (AvgIpc) is 3.36. The maximum absolute atomic E-state index is 12.5. The average molecular weight is 363 g/mol. The van der Waals surface area contributed by atoms with Gasteiger partial charge in [0, 0.05) is 17.7 Å². The second-order valence-electron chi connectivity index (χ2n) is 6.44. The molecule has 1 saturated carbocycles. The van der Waals surface area contributed by atoms with Gasteiger partial charge in [0.15, 0.2) is 0 Å². The Kier molecular flexibility index (Phi) is 4.21. The van der Waals surface area contributed by atoms with Crippen molar-refractivity contribution in [1.82, 2.24) is 25.1 Å². The molecule has 0 amide bonds. The first kappa shape index (κ1) is 16.7. The Morgan fingerprint density at radius 2 is 1.85 bits per heavy atom. The van der Waals surface area contributed by atoms with E-state index in [1.54, 1.807) is 28.9 Å². The van der Waals surface area contributed by atoms with Crippen LogP contribution in [0.4, 0.5) is 13.2 Å². The molecule has 6 nitrogen and oxygen atoms in total. The Bertz CT molecular complexity index is 878. The van der Waals surface area contributed by atoms with E-state index < -0.39 is 12.1 Å². The molecule has 0 atom stereocenters. The van der Waals surface area contributed by atoms with Gasteiger partial charge in [0.05, 0.1) is 12.2 Å². The van der Waals surface area contributed by atoms with Gasteiger partial charge in [-0.2, -0.15) is 18.2 Å². The molecule has 136 valence electrons. The van der Waals surface area contributed by atoms with Gasteiger partial charge in [-0.15, -0.1) is 5.10 Å². The topological polar surface area (TPSA) is 69.6 Å². The molecule has 0 aliphatic heterocycles. The summed E-state index contributed by atoms with van der Waals surface area (Å²) in [4.78, 5) is 3.38. The summed E-state index contributed by atoms with van der Waals surface area (Å²) in [7, 11) is 0. The Hall–Kier alpha value is -2.71. The normalized spacial score (nSPS) is 15.7. The number of nitrogens with zero attached hydrogens (tertiary/aromatic N) is 5. The van der Waals surface area contributed by atoms with E-state index in [1.165, 1.54) is 12.8 Å². The van der Waals surface area contributed by atoms with Crippen LogP contribution in [-0.4, -0.2) is 25.1 Å². The summed E-state index contributed by atoms with van der Waals surface area (Å²) in [6.45, 7) is 0.542. The summed E-state index contributed by atoms with van der Waals surface area (Å²) in [6, 6.07) is 6.93. The minimum atomic E-state index is -4.64. The van der Waals surface area contributed by atoms with Crippen LogP contribution in [0.25, 0.3) is 11.4 Å². The van der Waals surface area contributed by atoms with Crippen molar-refractivity contribution in [3.63, 3.8) is 0 Å². The summed E-state index contributed by atoms with van der Waals surface area (Å²) in [6.07, 6.45) is 2.14. The van der Waals surface area contributed by atoms with Crippen LogP contribution in [0, 0.1) is 0 Å². The van der Waals surface area contributed by atoms with Crippen LogP contribution in [0.2, 0.25) is 0 Å². The van der Waals surface area contributed by atoms with E-state index in [0.29, 0.717) is 18.0 Å². The van der Waals surface area contributed by atoms with Crippen LogP contribution in [0.15, 0.2) is 35.0 Å². The zero-order chi connectivity index (χ0) is 18.1. The maximum Gasteiger partial charge on any atom is 0.471 e. The lowest BCUT2D eigenvalue weighted by molar-refractivity contribution is -0.159. The van der Waals surface area contributed by atoms with E-state index in [-0.39, 0.29) is 5.82 Å². The zero-order valence-corrected chi connectivity index (χ0v) is 13.8. The van der Waals surface area contributed by atoms with Crippen molar-refractivity contribution in [3.8, 4) is 11.4 Å². The lowest BCUT2D eigenvalue weighted by atomic mass is 10.1. The summed E-state index contributed by atoms with van der Waals surface area (Å²) in [5.41, 5.74) is 2.44. The first-order chi connectivity index (χ1) is 12.5.